The van der Waals surface area contributed by atoms with Crippen molar-refractivity contribution >= 4 is 11.6 Å². The normalized spacial score (nSPS) is 11.5. The van der Waals surface area contributed by atoms with Gasteiger partial charge in [0, 0.05) is 11.5 Å². The van der Waals surface area contributed by atoms with Crippen LogP contribution in [0.3, 0.4) is 0 Å². The van der Waals surface area contributed by atoms with E-state index in [1.165, 1.54) is 0 Å². The minimum absolute atomic E-state index is 0.128. The highest BCUT2D eigenvalue weighted by molar-refractivity contribution is 5.45. The van der Waals surface area contributed by atoms with Gasteiger partial charge in [-0.3, -0.25) is 0 Å². The fourth-order valence-electron chi connectivity index (χ4n) is 1.48. The molecule has 0 amide bonds. The summed E-state index contributed by atoms with van der Waals surface area (Å²) in [5, 5.41) is 3.18. The molecule has 5 heteroatoms. The molecule has 5 nitrogen and oxygen atoms in total. The topological polar surface area (TPSA) is 77.0 Å². The van der Waals surface area contributed by atoms with Crippen molar-refractivity contribution in [2.45, 2.75) is 32.7 Å². The Balaban J connectivity index is 2.15. The summed E-state index contributed by atoms with van der Waals surface area (Å²) in [6.45, 7) is 6.74. The van der Waals surface area contributed by atoms with E-state index in [2.05, 4.69) is 36.1 Å². The number of nitrogens with two attached hydrogens (primary N) is 1. The third-order valence-electron chi connectivity index (χ3n) is 2.44. The lowest BCUT2D eigenvalue weighted by Gasteiger charge is -2.17. The Bertz CT molecular complexity index is 514. The van der Waals surface area contributed by atoms with E-state index in [4.69, 9.17) is 10.2 Å². The van der Waals surface area contributed by atoms with Gasteiger partial charge in [-0.2, -0.15) is 0 Å². The number of rotatable bonds is 3. The Hall–Kier alpha value is -2.04. The van der Waals surface area contributed by atoms with Crippen LogP contribution in [-0.2, 0) is 12.0 Å². The van der Waals surface area contributed by atoms with Crippen molar-refractivity contribution in [3.8, 4) is 0 Å². The lowest BCUT2D eigenvalue weighted by atomic mass is 9.96. The van der Waals surface area contributed by atoms with E-state index < -0.39 is 0 Å². The fourth-order valence-corrected chi connectivity index (χ4v) is 1.48. The summed E-state index contributed by atoms with van der Waals surface area (Å²) in [5.41, 5.74) is 5.66. The highest BCUT2D eigenvalue weighted by Crippen LogP contribution is 2.21. The van der Waals surface area contributed by atoms with Gasteiger partial charge in [0.1, 0.15) is 23.2 Å². The highest BCUT2D eigenvalue weighted by atomic mass is 16.3. The Morgan fingerprint density at radius 2 is 2.11 bits per heavy atom. The van der Waals surface area contributed by atoms with Gasteiger partial charge in [-0.15, -0.1) is 0 Å². The van der Waals surface area contributed by atoms with Gasteiger partial charge < -0.3 is 15.5 Å². The summed E-state index contributed by atoms with van der Waals surface area (Å²) in [6.07, 6.45) is 1.64. The second kappa shape index (κ2) is 4.68. The second-order valence-corrected chi connectivity index (χ2v) is 5.18. The minimum Gasteiger partial charge on any atom is -0.467 e. The Morgan fingerprint density at radius 1 is 1.33 bits per heavy atom. The first kappa shape index (κ1) is 12.4. The molecule has 0 aliphatic carbocycles. The van der Waals surface area contributed by atoms with E-state index in [0.717, 1.165) is 11.6 Å². The summed E-state index contributed by atoms with van der Waals surface area (Å²) in [4.78, 5) is 8.71. The zero-order valence-electron chi connectivity index (χ0n) is 10.9. The predicted octanol–water partition coefficient (Wildman–Crippen LogP) is 2.56. The van der Waals surface area contributed by atoms with Crippen LogP contribution in [0.2, 0.25) is 0 Å². The molecular weight excluding hydrogens is 228 g/mol. The molecule has 0 radical (unpaired) electrons. The molecule has 2 heterocycles. The molecule has 0 saturated heterocycles. The fraction of sp³-hybridized carbons (Fsp3) is 0.385. The van der Waals surface area contributed by atoms with E-state index in [9.17, 15) is 0 Å². The molecule has 3 N–H and O–H groups in total. The van der Waals surface area contributed by atoms with E-state index >= 15 is 0 Å². The molecule has 0 aliphatic heterocycles. The zero-order valence-corrected chi connectivity index (χ0v) is 10.9. The number of aromatic nitrogens is 2. The quantitative estimate of drug-likeness (QED) is 0.870. The number of nitrogens with one attached hydrogen (secondary N) is 1. The summed E-state index contributed by atoms with van der Waals surface area (Å²) in [7, 11) is 0. The van der Waals surface area contributed by atoms with E-state index in [1.54, 1.807) is 12.3 Å². The summed E-state index contributed by atoms with van der Waals surface area (Å²) < 4.78 is 5.25. The van der Waals surface area contributed by atoms with Crippen LogP contribution in [-0.4, -0.2) is 9.97 Å². The molecule has 0 saturated carbocycles. The van der Waals surface area contributed by atoms with Crippen molar-refractivity contribution in [1.82, 2.24) is 9.97 Å². The van der Waals surface area contributed by atoms with Crippen LogP contribution in [0.5, 0.6) is 0 Å². The Morgan fingerprint density at radius 3 is 2.72 bits per heavy atom. The Labute approximate surface area is 106 Å². The van der Waals surface area contributed by atoms with Gasteiger partial charge >= 0.3 is 0 Å². The van der Waals surface area contributed by atoms with Gasteiger partial charge in [-0.1, -0.05) is 20.8 Å². The number of nitrogen functional groups attached to an aromatic ring is 1. The van der Waals surface area contributed by atoms with Crippen LogP contribution < -0.4 is 11.1 Å². The van der Waals surface area contributed by atoms with Crippen molar-refractivity contribution in [3.63, 3.8) is 0 Å². The molecule has 0 aromatic carbocycles. The van der Waals surface area contributed by atoms with E-state index in [-0.39, 0.29) is 5.41 Å². The van der Waals surface area contributed by atoms with E-state index in [0.29, 0.717) is 18.2 Å². The third-order valence-corrected chi connectivity index (χ3v) is 2.44. The maximum absolute atomic E-state index is 5.79. The number of hydrogen-bond acceptors (Lipinski definition) is 5. The van der Waals surface area contributed by atoms with Crippen LogP contribution in [0.1, 0.15) is 32.4 Å². The van der Waals surface area contributed by atoms with Gasteiger partial charge in [0.2, 0.25) is 0 Å². The lowest BCUT2D eigenvalue weighted by Crippen LogP contribution is -2.18. The zero-order chi connectivity index (χ0) is 13.2. The van der Waals surface area contributed by atoms with Crippen molar-refractivity contribution in [2.24, 2.45) is 0 Å². The van der Waals surface area contributed by atoms with Crippen molar-refractivity contribution in [2.75, 3.05) is 11.1 Å². The molecule has 2 rings (SSSR count). The molecule has 0 atom stereocenters. The lowest BCUT2D eigenvalue weighted by molar-refractivity contribution is 0.517. The summed E-state index contributed by atoms with van der Waals surface area (Å²) >= 11 is 0. The molecule has 18 heavy (non-hydrogen) atoms. The number of hydrogen-bond donors (Lipinski definition) is 2. The highest BCUT2D eigenvalue weighted by Gasteiger charge is 2.18. The van der Waals surface area contributed by atoms with Gasteiger partial charge in [-0.25, -0.2) is 9.97 Å². The maximum atomic E-state index is 5.79. The van der Waals surface area contributed by atoms with Crippen LogP contribution in [0, 0.1) is 0 Å². The standard InChI is InChI=1S/C13H18N4O/c1-13(2,3)12-16-10(14)7-11(17-12)15-8-9-5-4-6-18-9/h4-7H,8H2,1-3H3,(H3,14,15,16,17). The molecule has 96 valence electrons. The van der Waals surface area contributed by atoms with Crippen LogP contribution in [0.4, 0.5) is 11.6 Å². The largest absolute Gasteiger partial charge is 0.467 e. The van der Waals surface area contributed by atoms with Crippen LogP contribution >= 0.6 is 0 Å². The minimum atomic E-state index is -0.128. The SMILES string of the molecule is CC(C)(C)c1nc(N)cc(NCc2ccco2)n1. The smallest absolute Gasteiger partial charge is 0.138 e. The summed E-state index contributed by atoms with van der Waals surface area (Å²) in [6, 6.07) is 5.48. The molecule has 0 fully saturated rings. The molecule has 2 aromatic rings. The maximum Gasteiger partial charge on any atom is 0.138 e. The number of furan rings is 1. The van der Waals surface area contributed by atoms with Gasteiger partial charge in [-0.05, 0) is 12.1 Å². The van der Waals surface area contributed by atoms with Gasteiger partial charge in [0.05, 0.1) is 12.8 Å². The average Bonchev–Trinajstić information content (AvgIpc) is 2.77. The Kier molecular flexibility index (Phi) is 3.23. The third kappa shape index (κ3) is 3.00. The first-order valence-corrected chi connectivity index (χ1v) is 5.86. The van der Waals surface area contributed by atoms with Crippen molar-refractivity contribution < 1.29 is 4.42 Å². The van der Waals surface area contributed by atoms with Crippen molar-refractivity contribution in [1.29, 1.82) is 0 Å². The summed E-state index contributed by atoms with van der Waals surface area (Å²) in [5.74, 6) is 2.76. The van der Waals surface area contributed by atoms with Gasteiger partial charge in [0.15, 0.2) is 0 Å². The average molecular weight is 246 g/mol. The van der Waals surface area contributed by atoms with E-state index in [1.807, 2.05) is 12.1 Å². The van der Waals surface area contributed by atoms with Crippen LogP contribution in [0.15, 0.2) is 28.9 Å². The van der Waals surface area contributed by atoms with Crippen LogP contribution in [0.25, 0.3) is 0 Å². The molecule has 0 spiro atoms. The predicted molar refractivity (Wildman–Crippen MR) is 71.2 cm³/mol. The first-order chi connectivity index (χ1) is 8.45. The number of anilines is 2. The monoisotopic (exact) mass is 246 g/mol. The first-order valence-electron chi connectivity index (χ1n) is 5.86. The molecule has 0 aliphatic rings. The molecular formula is C13H18N4O. The number of nitrogens with zero attached hydrogens (tertiary/aromatic N) is 2. The molecule has 0 unspecified atom stereocenters. The second-order valence-electron chi connectivity index (χ2n) is 5.18. The van der Waals surface area contributed by atoms with Crippen molar-refractivity contribution in [3.05, 3.63) is 36.0 Å². The molecule has 2 aromatic heterocycles. The molecule has 0 bridgehead atoms. The van der Waals surface area contributed by atoms with Gasteiger partial charge in [0.25, 0.3) is 0 Å².